The summed E-state index contributed by atoms with van der Waals surface area (Å²) in [6, 6.07) is 4.10. The molecule has 3 nitrogen and oxygen atoms in total. The quantitative estimate of drug-likeness (QED) is 0.770. The van der Waals surface area contributed by atoms with E-state index in [4.69, 9.17) is 5.11 Å². The number of hydrogen-bond acceptors (Lipinski definition) is 3. The van der Waals surface area contributed by atoms with Gasteiger partial charge in [0.05, 0.1) is 0 Å². The van der Waals surface area contributed by atoms with Gasteiger partial charge in [0.1, 0.15) is 0 Å². The van der Waals surface area contributed by atoms with E-state index >= 15 is 0 Å². The first kappa shape index (κ1) is 9.62. The van der Waals surface area contributed by atoms with Crippen LogP contribution in [0.25, 0.3) is 0 Å². The van der Waals surface area contributed by atoms with Crippen molar-refractivity contribution in [3.8, 4) is 0 Å². The van der Waals surface area contributed by atoms with Gasteiger partial charge >= 0.3 is 0 Å². The summed E-state index contributed by atoms with van der Waals surface area (Å²) in [6.07, 6.45) is 1.82. The van der Waals surface area contributed by atoms with E-state index in [2.05, 4.69) is 16.0 Å². The normalized spacial score (nSPS) is 18.1. The third-order valence-electron chi connectivity index (χ3n) is 2.80. The van der Waals surface area contributed by atoms with E-state index in [1.807, 2.05) is 19.2 Å². The van der Waals surface area contributed by atoms with Crippen molar-refractivity contribution in [2.24, 2.45) is 5.92 Å². The Bertz CT molecular complexity index is 308. The van der Waals surface area contributed by atoms with Crippen LogP contribution in [0, 0.1) is 12.8 Å². The van der Waals surface area contributed by atoms with E-state index < -0.39 is 0 Å². The molecule has 2 rings (SSSR count). The zero-order valence-corrected chi connectivity index (χ0v) is 8.48. The summed E-state index contributed by atoms with van der Waals surface area (Å²) in [6.45, 7) is 5.37. The lowest BCUT2D eigenvalue weighted by atomic mass is 10.0. The van der Waals surface area contributed by atoms with Crippen molar-refractivity contribution in [1.29, 1.82) is 0 Å². The number of aromatic nitrogens is 1. The van der Waals surface area contributed by atoms with Gasteiger partial charge < -0.3 is 5.11 Å². The first-order chi connectivity index (χ1) is 6.79. The molecule has 2 heterocycles. The molecule has 0 amide bonds. The molecule has 1 aliphatic heterocycles. The highest BCUT2D eigenvalue weighted by Gasteiger charge is 2.25. The molecule has 0 spiro atoms. The number of rotatable bonds is 3. The Balaban J connectivity index is 1.90. The number of nitrogens with zero attached hydrogens (tertiary/aromatic N) is 2. The lowest BCUT2D eigenvalue weighted by molar-refractivity contribution is 0.0477. The first-order valence-corrected chi connectivity index (χ1v) is 5.03. The van der Waals surface area contributed by atoms with Crippen molar-refractivity contribution >= 4 is 0 Å². The van der Waals surface area contributed by atoms with Gasteiger partial charge in [-0.05, 0) is 18.6 Å². The molecule has 0 aromatic carbocycles. The van der Waals surface area contributed by atoms with Crippen LogP contribution >= 0.6 is 0 Å². The third kappa shape index (κ3) is 1.94. The Hall–Kier alpha value is -0.930. The summed E-state index contributed by atoms with van der Waals surface area (Å²) in [4.78, 5) is 6.59. The molecule has 1 aromatic rings. The summed E-state index contributed by atoms with van der Waals surface area (Å²) in [5, 5.41) is 8.89. The molecular formula is C11H16N2O. The molecule has 0 bridgehead atoms. The Kier molecular flexibility index (Phi) is 2.79. The highest BCUT2D eigenvalue weighted by Crippen LogP contribution is 2.18. The lowest BCUT2D eigenvalue weighted by Gasteiger charge is -2.38. The molecule has 1 aromatic heterocycles. The second-order valence-electron chi connectivity index (χ2n) is 3.99. The van der Waals surface area contributed by atoms with Crippen LogP contribution in [0.4, 0.5) is 0 Å². The Morgan fingerprint density at radius 3 is 3.00 bits per heavy atom. The van der Waals surface area contributed by atoms with Crippen molar-refractivity contribution in [3.05, 3.63) is 29.6 Å². The van der Waals surface area contributed by atoms with Crippen LogP contribution in [0.1, 0.15) is 11.3 Å². The monoisotopic (exact) mass is 192 g/mol. The fourth-order valence-electron chi connectivity index (χ4n) is 1.85. The molecule has 3 heteroatoms. The minimum absolute atomic E-state index is 0.322. The molecule has 0 saturated carbocycles. The van der Waals surface area contributed by atoms with Crippen molar-refractivity contribution in [2.45, 2.75) is 13.5 Å². The van der Waals surface area contributed by atoms with Crippen LogP contribution in [0.5, 0.6) is 0 Å². The Morgan fingerprint density at radius 2 is 2.36 bits per heavy atom. The van der Waals surface area contributed by atoms with Crippen LogP contribution in [0.3, 0.4) is 0 Å². The van der Waals surface area contributed by atoms with Gasteiger partial charge in [-0.15, -0.1) is 0 Å². The smallest absolute Gasteiger partial charge is 0.0483 e. The predicted octanol–water partition coefficient (Wildman–Crippen LogP) is 0.814. The van der Waals surface area contributed by atoms with Crippen molar-refractivity contribution in [1.82, 2.24) is 9.88 Å². The van der Waals surface area contributed by atoms with Gasteiger partial charge in [0.25, 0.3) is 0 Å². The zero-order chi connectivity index (χ0) is 9.97. The Labute approximate surface area is 84.4 Å². The minimum atomic E-state index is 0.322. The van der Waals surface area contributed by atoms with Gasteiger partial charge in [-0.2, -0.15) is 0 Å². The van der Waals surface area contributed by atoms with Gasteiger partial charge in [-0.25, -0.2) is 0 Å². The molecule has 0 aliphatic carbocycles. The van der Waals surface area contributed by atoms with Crippen LogP contribution in [-0.4, -0.2) is 34.7 Å². The van der Waals surface area contributed by atoms with E-state index in [-0.39, 0.29) is 0 Å². The maximum absolute atomic E-state index is 8.89. The number of aliphatic hydroxyl groups is 1. The van der Waals surface area contributed by atoms with E-state index in [0.29, 0.717) is 12.5 Å². The molecule has 1 fully saturated rings. The maximum atomic E-state index is 8.89. The third-order valence-corrected chi connectivity index (χ3v) is 2.80. The molecule has 0 atom stereocenters. The minimum Gasteiger partial charge on any atom is -0.396 e. The van der Waals surface area contributed by atoms with Crippen LogP contribution < -0.4 is 0 Å². The highest BCUT2D eigenvalue weighted by molar-refractivity contribution is 5.18. The average Bonchev–Trinajstić information content (AvgIpc) is 2.13. The summed E-state index contributed by atoms with van der Waals surface area (Å²) >= 11 is 0. The maximum Gasteiger partial charge on any atom is 0.0483 e. The first-order valence-electron chi connectivity index (χ1n) is 5.03. The van der Waals surface area contributed by atoms with Crippen molar-refractivity contribution in [2.75, 3.05) is 19.7 Å². The van der Waals surface area contributed by atoms with Gasteiger partial charge in [0.15, 0.2) is 0 Å². The fourth-order valence-corrected chi connectivity index (χ4v) is 1.85. The molecule has 14 heavy (non-hydrogen) atoms. The summed E-state index contributed by atoms with van der Waals surface area (Å²) in [7, 11) is 0. The lowest BCUT2D eigenvalue weighted by Crippen LogP contribution is -2.47. The summed E-state index contributed by atoms with van der Waals surface area (Å²) in [5.74, 6) is 0.493. The van der Waals surface area contributed by atoms with E-state index in [1.54, 1.807) is 0 Å². The van der Waals surface area contributed by atoms with E-state index in [9.17, 15) is 0 Å². The second kappa shape index (κ2) is 4.07. The molecule has 1 aliphatic rings. The largest absolute Gasteiger partial charge is 0.396 e. The van der Waals surface area contributed by atoms with Gasteiger partial charge in [0, 0.05) is 44.0 Å². The van der Waals surface area contributed by atoms with E-state index in [0.717, 1.165) is 25.3 Å². The molecule has 0 radical (unpaired) electrons. The van der Waals surface area contributed by atoms with Gasteiger partial charge in [0.2, 0.25) is 0 Å². The predicted molar refractivity (Wildman–Crippen MR) is 54.8 cm³/mol. The number of aliphatic hydroxyl groups excluding tert-OH is 1. The van der Waals surface area contributed by atoms with Crippen LogP contribution in [0.15, 0.2) is 18.3 Å². The molecule has 76 valence electrons. The van der Waals surface area contributed by atoms with Crippen LogP contribution in [0.2, 0.25) is 0 Å². The van der Waals surface area contributed by atoms with Crippen molar-refractivity contribution in [3.63, 3.8) is 0 Å². The van der Waals surface area contributed by atoms with Gasteiger partial charge in [-0.1, -0.05) is 6.07 Å². The summed E-state index contributed by atoms with van der Waals surface area (Å²) < 4.78 is 0. The standard InChI is InChI=1S/C11H16N2O/c1-9-11(3-2-4-12-9)7-13-5-10(6-13)8-14/h2-4,10,14H,5-8H2,1H3. The fraction of sp³-hybridized carbons (Fsp3) is 0.545. The second-order valence-corrected chi connectivity index (χ2v) is 3.99. The number of pyridine rings is 1. The van der Waals surface area contributed by atoms with E-state index in [1.165, 1.54) is 5.56 Å². The molecule has 1 saturated heterocycles. The van der Waals surface area contributed by atoms with Crippen LogP contribution in [-0.2, 0) is 6.54 Å². The average molecular weight is 192 g/mol. The number of likely N-dealkylation sites (tertiary alicyclic amines) is 1. The number of aryl methyl sites for hydroxylation is 1. The molecular weight excluding hydrogens is 176 g/mol. The summed E-state index contributed by atoms with van der Waals surface area (Å²) in [5.41, 5.74) is 2.41. The van der Waals surface area contributed by atoms with Crippen molar-refractivity contribution < 1.29 is 5.11 Å². The SMILES string of the molecule is Cc1ncccc1CN1CC(CO)C1. The molecule has 1 N–H and O–H groups in total. The topological polar surface area (TPSA) is 36.4 Å². The Morgan fingerprint density at radius 1 is 1.57 bits per heavy atom. The highest BCUT2D eigenvalue weighted by atomic mass is 16.3. The van der Waals surface area contributed by atoms with Gasteiger partial charge in [-0.3, -0.25) is 9.88 Å². The zero-order valence-electron chi connectivity index (χ0n) is 8.48. The number of hydrogen-bond donors (Lipinski definition) is 1. The molecule has 0 unspecified atom stereocenters.